The molecule has 2 rings (SSSR count). The van der Waals surface area contributed by atoms with Gasteiger partial charge in [0.25, 0.3) is 0 Å². The summed E-state index contributed by atoms with van der Waals surface area (Å²) in [4.78, 5) is 0. The fraction of sp³-hybridized carbons (Fsp3) is 0.571. The predicted octanol–water partition coefficient (Wildman–Crippen LogP) is 4.95. The molecule has 94 valence electrons. The van der Waals surface area contributed by atoms with Crippen molar-refractivity contribution in [3.63, 3.8) is 0 Å². The highest BCUT2D eigenvalue weighted by atomic mass is 79.9. The molecule has 0 aromatic heterocycles. The average Bonchev–Trinajstić information content (AvgIpc) is 2.39. The summed E-state index contributed by atoms with van der Waals surface area (Å²) >= 11 is 9.74. The third-order valence-corrected chi connectivity index (χ3v) is 4.89. The second-order valence-electron chi connectivity index (χ2n) is 4.76. The summed E-state index contributed by atoms with van der Waals surface area (Å²) in [5.41, 5.74) is 1.11. The number of hydrogen-bond donors (Lipinski definition) is 0. The molecule has 1 aliphatic rings. The van der Waals surface area contributed by atoms with Crippen molar-refractivity contribution in [2.45, 2.75) is 44.3 Å². The predicted molar refractivity (Wildman–Crippen MR) is 75.9 cm³/mol. The summed E-state index contributed by atoms with van der Waals surface area (Å²) in [5, 5.41) is 1.72. The second-order valence-corrected chi connectivity index (χ2v) is 5.73. The minimum Gasteiger partial charge on any atom is -0.369 e. The van der Waals surface area contributed by atoms with Gasteiger partial charge in [0.15, 0.2) is 0 Å². The number of rotatable bonds is 4. The molecule has 1 nitrogen and oxygen atoms in total. The van der Waals surface area contributed by atoms with Crippen LogP contribution in [0, 0.1) is 0 Å². The lowest BCUT2D eigenvalue weighted by Gasteiger charge is -2.35. The van der Waals surface area contributed by atoms with Crippen LogP contribution in [0.2, 0.25) is 5.02 Å². The Morgan fingerprint density at radius 2 is 1.88 bits per heavy atom. The summed E-state index contributed by atoms with van der Waals surface area (Å²) in [7, 11) is 0. The van der Waals surface area contributed by atoms with E-state index in [1.54, 1.807) is 0 Å². The Bertz CT molecular complexity index is 361. The number of alkyl halides is 1. The van der Waals surface area contributed by atoms with E-state index < -0.39 is 0 Å². The molecule has 0 amide bonds. The number of halogens is 2. The molecule has 0 radical (unpaired) electrons. The zero-order valence-electron chi connectivity index (χ0n) is 9.92. The van der Waals surface area contributed by atoms with Crippen molar-refractivity contribution >= 4 is 27.5 Å². The van der Waals surface area contributed by atoms with Crippen molar-refractivity contribution < 1.29 is 4.74 Å². The van der Waals surface area contributed by atoms with Crippen LogP contribution in [-0.4, -0.2) is 10.9 Å². The molecule has 3 heteroatoms. The Morgan fingerprint density at radius 3 is 2.53 bits per heavy atom. The van der Waals surface area contributed by atoms with E-state index >= 15 is 0 Å². The monoisotopic (exact) mass is 316 g/mol. The van der Waals surface area contributed by atoms with Crippen LogP contribution in [0.5, 0.6) is 0 Å². The lowest BCUT2D eigenvalue weighted by molar-refractivity contribution is -0.0619. The molecule has 1 saturated carbocycles. The van der Waals surface area contributed by atoms with Gasteiger partial charge in [0.2, 0.25) is 0 Å². The maximum absolute atomic E-state index is 6.16. The molecule has 0 heterocycles. The Labute approximate surface area is 117 Å². The van der Waals surface area contributed by atoms with Crippen molar-refractivity contribution in [1.82, 2.24) is 0 Å². The van der Waals surface area contributed by atoms with Gasteiger partial charge >= 0.3 is 0 Å². The van der Waals surface area contributed by atoms with Crippen LogP contribution in [0.25, 0.3) is 0 Å². The van der Waals surface area contributed by atoms with Crippen molar-refractivity contribution in [3.05, 3.63) is 34.9 Å². The number of ether oxygens (including phenoxy) is 1. The van der Waals surface area contributed by atoms with E-state index in [-0.39, 0.29) is 5.60 Å². The summed E-state index contributed by atoms with van der Waals surface area (Å²) in [6.07, 6.45) is 6.19. The average molecular weight is 318 g/mol. The zero-order chi connectivity index (χ0) is 12.1. The summed E-state index contributed by atoms with van der Waals surface area (Å²) in [5.74, 6) is 0. The SMILES string of the molecule is Clc1ccccc1COC1(CBr)CCCCC1. The molecular weight excluding hydrogens is 300 g/mol. The van der Waals surface area contributed by atoms with Crippen LogP contribution < -0.4 is 0 Å². The van der Waals surface area contributed by atoms with Gasteiger partial charge in [-0.25, -0.2) is 0 Å². The van der Waals surface area contributed by atoms with Crippen LogP contribution in [0.1, 0.15) is 37.7 Å². The van der Waals surface area contributed by atoms with E-state index in [0.29, 0.717) is 6.61 Å². The first-order chi connectivity index (χ1) is 8.26. The molecule has 1 aliphatic carbocycles. The molecule has 0 spiro atoms. The topological polar surface area (TPSA) is 9.23 Å². The Kier molecular flexibility index (Phi) is 4.89. The maximum atomic E-state index is 6.16. The molecule has 0 unspecified atom stereocenters. The molecule has 1 aromatic rings. The highest BCUT2D eigenvalue weighted by molar-refractivity contribution is 9.09. The highest BCUT2D eigenvalue weighted by Gasteiger charge is 2.31. The summed E-state index contributed by atoms with van der Waals surface area (Å²) in [6.45, 7) is 0.616. The standard InChI is InChI=1S/C14H18BrClO/c15-11-14(8-4-1-5-9-14)17-10-12-6-2-3-7-13(12)16/h2-3,6-7H,1,4-5,8-11H2. The number of hydrogen-bond acceptors (Lipinski definition) is 1. The lowest BCUT2D eigenvalue weighted by Crippen LogP contribution is -2.36. The van der Waals surface area contributed by atoms with Gasteiger partial charge in [0.05, 0.1) is 12.2 Å². The van der Waals surface area contributed by atoms with E-state index in [4.69, 9.17) is 16.3 Å². The van der Waals surface area contributed by atoms with E-state index in [1.165, 1.54) is 19.3 Å². The van der Waals surface area contributed by atoms with Gasteiger partial charge in [-0.05, 0) is 24.5 Å². The second kappa shape index (κ2) is 6.21. The molecular formula is C14H18BrClO. The largest absolute Gasteiger partial charge is 0.369 e. The van der Waals surface area contributed by atoms with Crippen LogP contribution in [0.4, 0.5) is 0 Å². The fourth-order valence-corrected chi connectivity index (χ4v) is 3.27. The van der Waals surface area contributed by atoms with Gasteiger partial charge < -0.3 is 4.74 Å². The van der Waals surface area contributed by atoms with E-state index in [1.807, 2.05) is 24.3 Å². The first-order valence-corrected chi connectivity index (χ1v) is 7.69. The highest BCUT2D eigenvalue weighted by Crippen LogP contribution is 2.34. The Hall–Kier alpha value is -0.0500. The molecule has 1 fully saturated rings. The van der Waals surface area contributed by atoms with E-state index in [2.05, 4.69) is 15.9 Å². The quantitative estimate of drug-likeness (QED) is 0.714. The van der Waals surface area contributed by atoms with Crippen LogP contribution in [0.3, 0.4) is 0 Å². The van der Waals surface area contributed by atoms with Crippen LogP contribution in [0.15, 0.2) is 24.3 Å². The maximum Gasteiger partial charge on any atom is 0.0783 e. The zero-order valence-corrected chi connectivity index (χ0v) is 12.3. The van der Waals surface area contributed by atoms with Crippen LogP contribution >= 0.6 is 27.5 Å². The van der Waals surface area contributed by atoms with Gasteiger partial charge in [-0.3, -0.25) is 0 Å². The lowest BCUT2D eigenvalue weighted by atomic mass is 9.86. The van der Waals surface area contributed by atoms with Gasteiger partial charge in [0, 0.05) is 10.4 Å². The molecule has 1 aromatic carbocycles. The van der Waals surface area contributed by atoms with Crippen molar-refractivity contribution in [3.8, 4) is 0 Å². The molecule has 0 saturated heterocycles. The molecule has 0 aliphatic heterocycles. The molecule has 0 N–H and O–H groups in total. The van der Waals surface area contributed by atoms with E-state index in [0.717, 1.165) is 28.8 Å². The van der Waals surface area contributed by atoms with Crippen LogP contribution in [-0.2, 0) is 11.3 Å². The first kappa shape index (κ1) is 13.4. The normalized spacial score (nSPS) is 19.2. The minimum absolute atomic E-state index is 0.0252. The van der Waals surface area contributed by atoms with Crippen molar-refractivity contribution in [1.29, 1.82) is 0 Å². The molecule has 0 bridgehead atoms. The fourth-order valence-electron chi connectivity index (χ4n) is 2.36. The van der Waals surface area contributed by atoms with Gasteiger partial charge in [-0.15, -0.1) is 0 Å². The van der Waals surface area contributed by atoms with Crippen molar-refractivity contribution in [2.75, 3.05) is 5.33 Å². The molecule has 0 atom stereocenters. The third kappa shape index (κ3) is 3.46. The molecule has 17 heavy (non-hydrogen) atoms. The van der Waals surface area contributed by atoms with Gasteiger partial charge in [-0.1, -0.05) is 65.0 Å². The van der Waals surface area contributed by atoms with Gasteiger partial charge in [-0.2, -0.15) is 0 Å². The van der Waals surface area contributed by atoms with Crippen molar-refractivity contribution in [2.24, 2.45) is 0 Å². The van der Waals surface area contributed by atoms with E-state index in [9.17, 15) is 0 Å². The Morgan fingerprint density at radius 1 is 1.18 bits per heavy atom. The summed E-state index contributed by atoms with van der Waals surface area (Å²) < 4.78 is 6.16. The minimum atomic E-state index is 0.0252. The number of benzene rings is 1. The summed E-state index contributed by atoms with van der Waals surface area (Å²) in [6, 6.07) is 7.91. The van der Waals surface area contributed by atoms with Gasteiger partial charge in [0.1, 0.15) is 0 Å². The first-order valence-electron chi connectivity index (χ1n) is 6.19. The third-order valence-electron chi connectivity index (χ3n) is 3.50. The smallest absolute Gasteiger partial charge is 0.0783 e. The Balaban J connectivity index is 1.98.